The third-order valence-corrected chi connectivity index (χ3v) is 14.9. The summed E-state index contributed by atoms with van der Waals surface area (Å²) in [5.41, 5.74) is -4.65. The number of thiophene rings is 2. The molecule has 332 valence electrons. The number of ether oxygens (including phenoxy) is 4. The SMILES string of the molecule is Cc1sc(C(=O)Oc2ccc(N3C(=O)[C@@H]4[C@H](C3=O)[C@H]3C=C[C@@H]4O3)cc2)cc1C1=C(c2cc(C(=O)Oc3ccc(N4C(=O)[C@@H]5[C@H](C4=O)[C@H]4C=C[C@@H]5O4)cc3)sc2C)C(F)(F)C(F)(F)C1(F)F. The number of halogens is 6. The van der Waals surface area contributed by atoms with Gasteiger partial charge in [-0.1, -0.05) is 24.3 Å². The van der Waals surface area contributed by atoms with Gasteiger partial charge in [0.05, 0.1) is 59.5 Å². The van der Waals surface area contributed by atoms with Gasteiger partial charge in [0.15, 0.2) is 0 Å². The number of hydrogen-bond donors (Lipinski definition) is 0. The number of amides is 4. The fraction of sp³-hybridized carbons (Fsp3) is 0.289. The topological polar surface area (TPSA) is 146 Å². The first kappa shape index (κ1) is 41.5. The second kappa shape index (κ2) is 13.9. The molecule has 4 aromatic rings. The number of aryl methyl sites for hydroxylation is 2. The summed E-state index contributed by atoms with van der Waals surface area (Å²) in [5, 5.41) is 0. The highest BCUT2D eigenvalue weighted by Crippen LogP contribution is 2.66. The summed E-state index contributed by atoms with van der Waals surface area (Å²) in [5.74, 6) is -23.9. The van der Waals surface area contributed by atoms with Crippen LogP contribution in [0.4, 0.5) is 37.7 Å². The maximum absolute atomic E-state index is 15.9. The Kier molecular flexibility index (Phi) is 8.87. The molecule has 1 aliphatic carbocycles. The van der Waals surface area contributed by atoms with E-state index in [1.807, 2.05) is 0 Å². The summed E-state index contributed by atoms with van der Waals surface area (Å²) in [6, 6.07) is 12.0. The first-order valence-corrected chi connectivity index (χ1v) is 21.6. The second-order valence-electron chi connectivity index (χ2n) is 16.4. The summed E-state index contributed by atoms with van der Waals surface area (Å²) < 4.78 is 116. The van der Waals surface area contributed by atoms with Crippen LogP contribution in [0.2, 0.25) is 0 Å². The van der Waals surface area contributed by atoms with Crippen molar-refractivity contribution < 1.29 is 74.1 Å². The Balaban J connectivity index is 0.837. The highest BCUT2D eigenvalue weighted by molar-refractivity contribution is 7.14. The van der Waals surface area contributed by atoms with Gasteiger partial charge in [0.25, 0.3) is 0 Å². The van der Waals surface area contributed by atoms with E-state index in [-0.39, 0.29) is 32.6 Å². The van der Waals surface area contributed by atoms with E-state index < -0.39 is 133 Å². The van der Waals surface area contributed by atoms with Gasteiger partial charge in [0.2, 0.25) is 23.6 Å². The first-order valence-electron chi connectivity index (χ1n) is 20.0. The van der Waals surface area contributed by atoms with Crippen molar-refractivity contribution in [2.75, 3.05) is 9.80 Å². The van der Waals surface area contributed by atoms with E-state index in [1.165, 1.54) is 62.4 Å². The van der Waals surface area contributed by atoms with Crippen molar-refractivity contribution in [3.05, 3.63) is 116 Å². The zero-order valence-corrected chi connectivity index (χ0v) is 34.9. The third kappa shape index (κ3) is 5.69. The number of rotatable bonds is 8. The lowest BCUT2D eigenvalue weighted by Gasteiger charge is -2.25. The molecule has 0 spiro atoms. The minimum atomic E-state index is -5.95. The Bertz CT molecular complexity index is 2690. The fourth-order valence-corrected chi connectivity index (χ4v) is 11.7. The number of esters is 2. The molecule has 4 bridgehead atoms. The normalized spacial score (nSPS) is 29.5. The number of nitrogens with zero attached hydrogens (tertiary/aromatic N) is 2. The van der Waals surface area contributed by atoms with Gasteiger partial charge in [-0.25, -0.2) is 19.4 Å². The lowest BCUT2D eigenvalue weighted by atomic mass is 9.85. The molecule has 7 aliphatic rings. The highest BCUT2D eigenvalue weighted by Gasteiger charge is 2.80. The van der Waals surface area contributed by atoms with Crippen molar-refractivity contribution in [1.29, 1.82) is 0 Å². The predicted molar refractivity (Wildman–Crippen MR) is 217 cm³/mol. The molecule has 0 radical (unpaired) electrons. The molecule has 4 saturated heterocycles. The Morgan fingerprint density at radius 3 is 1.15 bits per heavy atom. The zero-order chi connectivity index (χ0) is 45.8. The zero-order valence-electron chi connectivity index (χ0n) is 33.3. The summed E-state index contributed by atoms with van der Waals surface area (Å²) in [4.78, 5) is 80.1. The van der Waals surface area contributed by atoms with E-state index in [0.717, 1.165) is 21.9 Å². The molecular formula is C45H28F6N2O10S2. The smallest absolute Gasteiger partial charge is 0.380 e. The molecule has 2 aromatic carbocycles. The summed E-state index contributed by atoms with van der Waals surface area (Å²) in [6.45, 7) is 2.36. The van der Waals surface area contributed by atoms with E-state index in [1.54, 1.807) is 24.3 Å². The molecule has 0 N–H and O–H groups in total. The minimum Gasteiger partial charge on any atom is -0.422 e. The van der Waals surface area contributed by atoms with E-state index in [2.05, 4.69) is 0 Å². The highest BCUT2D eigenvalue weighted by atomic mass is 32.1. The number of carbonyl (C=O) groups is 6. The van der Waals surface area contributed by atoms with Gasteiger partial charge in [-0.15, -0.1) is 22.7 Å². The van der Waals surface area contributed by atoms with Crippen LogP contribution in [0.3, 0.4) is 0 Å². The van der Waals surface area contributed by atoms with Crippen molar-refractivity contribution >= 4 is 80.8 Å². The molecule has 0 unspecified atom stereocenters. The second-order valence-corrected chi connectivity index (χ2v) is 18.9. The standard InChI is InChI=1S/C45H28F6N2O10S2/c1-17-23(15-29(64-17)41(58)60-21-7-3-19(4-8-21)52-37(54)31-25-11-12-26(62-25)32(31)38(52)55)35-36(44(48,49)45(50,51)43(35,46)47)24-16-30(65-18(24)2)42(59)61-22-9-5-20(6-10-22)53-39(56)33-27-13-14-28(63-27)34(33)40(53)57/h3-16,25-28,31-34H,1-2H3/t25-,26+,27-,28+,31-,32+,33-,34+. The van der Waals surface area contributed by atoms with Gasteiger partial charge in [0.1, 0.15) is 21.3 Å². The van der Waals surface area contributed by atoms with E-state index in [4.69, 9.17) is 18.9 Å². The monoisotopic (exact) mass is 934 g/mol. The largest absolute Gasteiger partial charge is 0.422 e. The van der Waals surface area contributed by atoms with Crippen LogP contribution in [0.5, 0.6) is 11.5 Å². The van der Waals surface area contributed by atoms with Gasteiger partial charge in [-0.2, -0.15) is 26.3 Å². The molecule has 8 atom stereocenters. The Hall–Kier alpha value is -6.22. The van der Waals surface area contributed by atoms with Gasteiger partial charge >= 0.3 is 29.7 Å². The summed E-state index contributed by atoms with van der Waals surface area (Å²) >= 11 is 1.06. The summed E-state index contributed by atoms with van der Waals surface area (Å²) in [7, 11) is 0. The van der Waals surface area contributed by atoms with Crippen LogP contribution in [0, 0.1) is 37.5 Å². The Morgan fingerprint density at radius 2 is 0.846 bits per heavy atom. The van der Waals surface area contributed by atoms with Crippen LogP contribution in [0.15, 0.2) is 85.0 Å². The number of benzene rings is 2. The fourth-order valence-electron chi connectivity index (χ4n) is 9.85. The molecule has 6 aliphatic heterocycles. The third-order valence-electron chi connectivity index (χ3n) is 12.9. The average molecular weight is 935 g/mol. The predicted octanol–water partition coefficient (Wildman–Crippen LogP) is 7.58. The van der Waals surface area contributed by atoms with Gasteiger partial charge in [-0.05, 0) is 85.6 Å². The minimum absolute atomic E-state index is 0.108. The maximum atomic E-state index is 15.9. The quantitative estimate of drug-likeness (QED) is 0.0570. The van der Waals surface area contributed by atoms with Crippen molar-refractivity contribution in [2.45, 2.75) is 56.0 Å². The Labute approximate surface area is 370 Å². The molecule has 65 heavy (non-hydrogen) atoms. The van der Waals surface area contributed by atoms with Crippen LogP contribution in [-0.4, -0.2) is 77.8 Å². The maximum Gasteiger partial charge on any atom is 0.380 e. The first-order chi connectivity index (χ1) is 30.8. The van der Waals surface area contributed by atoms with Crippen LogP contribution in [0.25, 0.3) is 11.1 Å². The molecule has 20 heteroatoms. The molecule has 0 saturated carbocycles. The van der Waals surface area contributed by atoms with Crippen LogP contribution < -0.4 is 19.3 Å². The van der Waals surface area contributed by atoms with Crippen molar-refractivity contribution in [3.8, 4) is 11.5 Å². The number of carbonyl (C=O) groups excluding carboxylic acids is 6. The lowest BCUT2D eigenvalue weighted by molar-refractivity contribution is -0.254. The van der Waals surface area contributed by atoms with Gasteiger partial charge in [0, 0.05) is 20.9 Å². The van der Waals surface area contributed by atoms with E-state index in [9.17, 15) is 28.8 Å². The number of imide groups is 2. The summed E-state index contributed by atoms with van der Waals surface area (Å²) in [6.07, 6.45) is 4.89. The van der Waals surface area contributed by atoms with Crippen molar-refractivity contribution in [3.63, 3.8) is 0 Å². The number of allylic oxidation sites excluding steroid dienone is 2. The van der Waals surface area contributed by atoms with E-state index >= 15 is 26.3 Å². The molecule has 4 amide bonds. The molecular weight excluding hydrogens is 907 g/mol. The Morgan fingerprint density at radius 1 is 0.538 bits per heavy atom. The lowest BCUT2D eigenvalue weighted by Crippen LogP contribution is -2.48. The number of alkyl halides is 6. The molecule has 8 heterocycles. The number of anilines is 2. The van der Waals surface area contributed by atoms with Crippen molar-refractivity contribution in [1.82, 2.24) is 0 Å². The van der Waals surface area contributed by atoms with E-state index in [0.29, 0.717) is 22.7 Å². The number of hydrogen-bond acceptors (Lipinski definition) is 12. The molecule has 12 nitrogen and oxygen atoms in total. The van der Waals surface area contributed by atoms with Gasteiger partial charge < -0.3 is 18.9 Å². The number of fused-ring (bicyclic) bond motifs is 10. The molecule has 11 rings (SSSR count). The van der Waals surface area contributed by atoms with Gasteiger partial charge in [-0.3, -0.25) is 19.2 Å². The molecule has 4 fully saturated rings. The van der Waals surface area contributed by atoms with Crippen molar-refractivity contribution in [2.24, 2.45) is 23.7 Å². The van der Waals surface area contributed by atoms with Crippen LogP contribution in [0.1, 0.15) is 40.2 Å². The van der Waals surface area contributed by atoms with Crippen LogP contribution in [-0.2, 0) is 28.7 Å². The average Bonchev–Trinajstić information content (AvgIpc) is 4.15. The molecule has 2 aromatic heterocycles. The van der Waals surface area contributed by atoms with Crippen LogP contribution >= 0.6 is 22.7 Å².